The van der Waals surface area contributed by atoms with Gasteiger partial charge in [-0.15, -0.1) is 0 Å². The van der Waals surface area contributed by atoms with Gasteiger partial charge in [0.2, 0.25) is 0 Å². The van der Waals surface area contributed by atoms with E-state index in [-0.39, 0.29) is 7.55 Å². The van der Waals surface area contributed by atoms with E-state index in [1.165, 1.54) is 17.9 Å². The minimum atomic E-state index is -0.0440. The second kappa shape index (κ2) is 2.14. The van der Waals surface area contributed by atoms with Crippen LogP contribution in [0.4, 0.5) is 0 Å². The first-order valence-electron chi connectivity index (χ1n) is 4.60. The smallest absolute Gasteiger partial charge is 0.285 e. The molecule has 0 radical (unpaired) electrons. The highest BCUT2D eigenvalue weighted by Crippen LogP contribution is 2.09. The molecule has 12 heavy (non-hydrogen) atoms. The van der Waals surface area contributed by atoms with Crippen LogP contribution in [0.1, 0.15) is 5.69 Å². The van der Waals surface area contributed by atoms with Crippen LogP contribution in [-0.2, 0) is 0 Å². The molecule has 3 heterocycles. The predicted molar refractivity (Wildman–Crippen MR) is 51.3 cm³/mol. The summed E-state index contributed by atoms with van der Waals surface area (Å²) in [5.74, 6) is 0. The van der Waals surface area contributed by atoms with Crippen molar-refractivity contribution in [2.75, 3.05) is 6.54 Å². The Morgan fingerprint density at radius 2 is 2.50 bits per heavy atom. The Bertz CT molecular complexity index is 376. The SMILES string of the molecule is [BH2-]1n2cccc2C=C2C=CC[NH+]12. The highest BCUT2D eigenvalue weighted by molar-refractivity contribution is 6.24. The van der Waals surface area contributed by atoms with Gasteiger partial charge in [0, 0.05) is 11.8 Å². The van der Waals surface area contributed by atoms with Crippen LogP contribution in [0.15, 0.2) is 36.2 Å². The average Bonchev–Trinajstić information content (AvgIpc) is 2.64. The standard InChI is InChI=1S/C9H11BN2/c1-3-8-7-9-4-2-6-12(9)10-11(8)5-1/h1-5,7,12H,6,10H2. The molecule has 1 unspecified atom stereocenters. The molecule has 2 aliphatic rings. The molecule has 3 rings (SSSR count). The molecule has 2 aliphatic heterocycles. The van der Waals surface area contributed by atoms with Gasteiger partial charge in [-0.25, -0.2) is 0 Å². The Kier molecular flexibility index (Phi) is 1.13. The van der Waals surface area contributed by atoms with Crippen LogP contribution in [-0.4, -0.2) is 18.6 Å². The number of allylic oxidation sites excluding steroid dienone is 1. The molecule has 2 nitrogen and oxygen atoms in total. The second-order valence-electron chi connectivity index (χ2n) is 3.75. The summed E-state index contributed by atoms with van der Waals surface area (Å²) in [5.41, 5.74) is 2.88. The van der Waals surface area contributed by atoms with E-state index in [1.54, 1.807) is 4.81 Å². The molecule has 60 valence electrons. The van der Waals surface area contributed by atoms with Crippen LogP contribution in [0, 0.1) is 0 Å². The fraction of sp³-hybridized carbons (Fsp3) is 0.111. The van der Waals surface area contributed by atoms with E-state index in [0.717, 1.165) is 0 Å². The van der Waals surface area contributed by atoms with Crippen molar-refractivity contribution in [1.29, 1.82) is 0 Å². The quantitative estimate of drug-likeness (QED) is 0.471. The van der Waals surface area contributed by atoms with Gasteiger partial charge in [-0.3, -0.25) is 0 Å². The van der Waals surface area contributed by atoms with Gasteiger partial charge in [-0.05, 0) is 30.5 Å². The number of nitrogens with zero attached hydrogens (tertiary/aromatic N) is 1. The minimum Gasteiger partial charge on any atom is -0.475 e. The molecule has 1 aromatic rings. The van der Waals surface area contributed by atoms with Gasteiger partial charge < -0.3 is 9.29 Å². The molecule has 0 aromatic carbocycles. The van der Waals surface area contributed by atoms with E-state index >= 15 is 0 Å². The van der Waals surface area contributed by atoms with Crippen LogP contribution >= 0.6 is 0 Å². The molecule has 0 amide bonds. The number of hydrogen-bond acceptors (Lipinski definition) is 0. The number of hydrogen-bond donors (Lipinski definition) is 1. The van der Waals surface area contributed by atoms with Crippen LogP contribution in [0.25, 0.3) is 6.08 Å². The molecule has 0 saturated carbocycles. The van der Waals surface area contributed by atoms with E-state index in [0.29, 0.717) is 0 Å². The third-order valence-electron chi connectivity index (χ3n) is 3.01. The zero-order chi connectivity index (χ0) is 7.97. The lowest BCUT2D eigenvalue weighted by molar-refractivity contribution is -0.724. The normalized spacial score (nSPS) is 25.0. The Morgan fingerprint density at radius 3 is 3.50 bits per heavy atom. The summed E-state index contributed by atoms with van der Waals surface area (Å²) in [6, 6.07) is 4.33. The van der Waals surface area contributed by atoms with Crippen LogP contribution in [0.3, 0.4) is 0 Å². The Morgan fingerprint density at radius 1 is 1.50 bits per heavy atom. The average molecular weight is 158 g/mol. The molecule has 3 heteroatoms. The zero-order valence-corrected chi connectivity index (χ0v) is 7.12. The van der Waals surface area contributed by atoms with Crippen molar-refractivity contribution in [3.63, 3.8) is 0 Å². The number of fused-ring (bicyclic) bond motifs is 2. The number of rotatable bonds is 0. The first kappa shape index (κ1) is 6.32. The first-order valence-corrected chi connectivity index (χ1v) is 4.60. The first-order chi connectivity index (χ1) is 5.93. The van der Waals surface area contributed by atoms with Crippen molar-refractivity contribution in [3.05, 3.63) is 41.9 Å². The summed E-state index contributed by atoms with van der Waals surface area (Å²) in [4.78, 5) is 1.68. The van der Waals surface area contributed by atoms with Gasteiger partial charge in [0.15, 0.2) is 0 Å². The van der Waals surface area contributed by atoms with Crippen LogP contribution in [0.5, 0.6) is 0 Å². The van der Waals surface area contributed by atoms with Gasteiger partial charge in [0.1, 0.15) is 0 Å². The van der Waals surface area contributed by atoms with Crippen molar-refractivity contribution in [1.82, 2.24) is 4.48 Å². The summed E-state index contributed by atoms with van der Waals surface area (Å²) in [6.07, 6.45) is 9.03. The summed E-state index contributed by atoms with van der Waals surface area (Å²) in [5, 5.41) is 0. The third kappa shape index (κ3) is 0.742. The maximum absolute atomic E-state index is 2.42. The van der Waals surface area contributed by atoms with Crippen molar-refractivity contribution < 1.29 is 4.81 Å². The topological polar surface area (TPSA) is 9.37 Å². The Balaban J connectivity index is 2.14. The maximum atomic E-state index is 2.42. The van der Waals surface area contributed by atoms with Gasteiger partial charge in [-0.2, -0.15) is 0 Å². The lowest BCUT2D eigenvalue weighted by atomic mass is 10.0. The summed E-state index contributed by atoms with van der Waals surface area (Å²) in [6.45, 7) is 1.20. The lowest BCUT2D eigenvalue weighted by Gasteiger charge is -2.28. The monoisotopic (exact) mass is 158 g/mol. The van der Waals surface area contributed by atoms with Crippen molar-refractivity contribution >= 4 is 13.6 Å². The molecule has 0 fully saturated rings. The molecule has 0 saturated heterocycles. The molecular weight excluding hydrogens is 147 g/mol. The number of quaternary nitrogens is 1. The van der Waals surface area contributed by atoms with Gasteiger partial charge >= 0.3 is 0 Å². The summed E-state index contributed by atoms with van der Waals surface area (Å²) < 4.78 is 2.42. The van der Waals surface area contributed by atoms with Gasteiger partial charge in [0.25, 0.3) is 7.55 Å². The van der Waals surface area contributed by atoms with Crippen LogP contribution < -0.4 is 4.81 Å². The summed E-state index contributed by atoms with van der Waals surface area (Å²) >= 11 is 0. The molecule has 1 atom stereocenters. The highest BCUT2D eigenvalue weighted by atomic mass is 15.2. The van der Waals surface area contributed by atoms with E-state index in [1.807, 2.05) is 0 Å². The fourth-order valence-corrected chi connectivity index (χ4v) is 2.29. The molecular formula is C9H11BN2. The molecule has 1 aromatic heterocycles. The van der Waals surface area contributed by atoms with Crippen molar-refractivity contribution in [2.24, 2.45) is 0 Å². The maximum Gasteiger partial charge on any atom is 0.285 e. The highest BCUT2D eigenvalue weighted by Gasteiger charge is 2.17. The molecule has 1 N–H and O–H groups in total. The largest absolute Gasteiger partial charge is 0.475 e. The fourth-order valence-electron chi connectivity index (χ4n) is 2.29. The molecule has 0 bridgehead atoms. The Hall–Kier alpha value is -1.22. The number of nitrogens with one attached hydrogen (secondary N) is 1. The van der Waals surface area contributed by atoms with E-state index in [2.05, 4.69) is 41.0 Å². The van der Waals surface area contributed by atoms with Gasteiger partial charge in [0.05, 0.1) is 12.2 Å². The zero-order valence-electron chi connectivity index (χ0n) is 7.12. The third-order valence-corrected chi connectivity index (χ3v) is 3.01. The minimum absolute atomic E-state index is 0.0440. The number of aromatic nitrogens is 1. The van der Waals surface area contributed by atoms with Crippen molar-refractivity contribution in [3.8, 4) is 0 Å². The molecule has 0 spiro atoms. The van der Waals surface area contributed by atoms with E-state index in [4.69, 9.17) is 0 Å². The predicted octanol–water partition coefficient (Wildman–Crippen LogP) is -0.856. The van der Waals surface area contributed by atoms with Gasteiger partial charge in [-0.1, -0.05) is 0 Å². The molecule has 0 aliphatic carbocycles. The second-order valence-corrected chi connectivity index (χ2v) is 3.75. The lowest BCUT2D eigenvalue weighted by Crippen LogP contribution is -3.12. The van der Waals surface area contributed by atoms with E-state index < -0.39 is 0 Å². The summed E-state index contributed by atoms with van der Waals surface area (Å²) in [7, 11) is -0.0440. The van der Waals surface area contributed by atoms with E-state index in [9.17, 15) is 0 Å². The van der Waals surface area contributed by atoms with Crippen LogP contribution in [0.2, 0.25) is 0 Å². The van der Waals surface area contributed by atoms with Crippen molar-refractivity contribution in [2.45, 2.75) is 0 Å². The Labute approximate surface area is 72.1 Å².